The number of Topliss-reactive ketones (excluding diaryl/α,β-unsaturated/α-hetero) is 1. The van der Waals surface area contributed by atoms with Crippen molar-refractivity contribution in [3.8, 4) is 11.5 Å². The van der Waals surface area contributed by atoms with Gasteiger partial charge in [-0.25, -0.2) is 0 Å². The second-order valence-corrected chi connectivity index (χ2v) is 3.05. The van der Waals surface area contributed by atoms with Gasteiger partial charge in [-0.1, -0.05) is 11.6 Å². The standard InChI is InChI=1S/C8H4ClF3O3/c9-4-1-3(5(13)2-6(4)14)7(15)8(10,11)12/h1-2,13-14H. The molecule has 0 aliphatic heterocycles. The highest BCUT2D eigenvalue weighted by molar-refractivity contribution is 6.32. The Morgan fingerprint density at radius 1 is 1.20 bits per heavy atom. The molecule has 0 aromatic heterocycles. The Morgan fingerprint density at radius 3 is 2.20 bits per heavy atom. The second kappa shape index (κ2) is 3.62. The summed E-state index contributed by atoms with van der Waals surface area (Å²) in [4.78, 5) is 10.7. The molecule has 1 aromatic carbocycles. The zero-order chi connectivity index (χ0) is 11.8. The van der Waals surface area contributed by atoms with E-state index in [1.807, 2.05) is 0 Å². The average Bonchev–Trinajstić information content (AvgIpc) is 2.08. The molecule has 0 amide bonds. The summed E-state index contributed by atoms with van der Waals surface area (Å²) < 4.78 is 35.9. The molecule has 1 aromatic rings. The normalized spacial score (nSPS) is 11.5. The van der Waals surface area contributed by atoms with Gasteiger partial charge in [0.2, 0.25) is 0 Å². The van der Waals surface area contributed by atoms with Crippen LogP contribution < -0.4 is 0 Å². The Morgan fingerprint density at radius 2 is 1.73 bits per heavy atom. The summed E-state index contributed by atoms with van der Waals surface area (Å²) in [5.41, 5.74) is -0.995. The number of halogens is 4. The molecule has 0 saturated carbocycles. The molecule has 7 heteroatoms. The van der Waals surface area contributed by atoms with E-state index in [0.29, 0.717) is 12.1 Å². The van der Waals surface area contributed by atoms with E-state index in [-0.39, 0.29) is 0 Å². The Bertz CT molecular complexity index is 414. The number of hydrogen-bond donors (Lipinski definition) is 2. The first-order chi connectivity index (χ1) is 6.73. The van der Waals surface area contributed by atoms with Crippen LogP contribution in [-0.4, -0.2) is 22.2 Å². The smallest absolute Gasteiger partial charge is 0.455 e. The molecule has 0 aliphatic carbocycles. The van der Waals surface area contributed by atoms with Crippen molar-refractivity contribution in [3.05, 3.63) is 22.7 Å². The van der Waals surface area contributed by atoms with Gasteiger partial charge in [-0.3, -0.25) is 4.79 Å². The van der Waals surface area contributed by atoms with Crippen LogP contribution in [0.2, 0.25) is 5.02 Å². The number of carbonyl (C=O) groups excluding carboxylic acids is 1. The lowest BCUT2D eigenvalue weighted by atomic mass is 10.1. The third kappa shape index (κ3) is 2.33. The van der Waals surface area contributed by atoms with Gasteiger partial charge in [-0.05, 0) is 6.07 Å². The number of ketones is 1. The third-order valence-corrected chi connectivity index (χ3v) is 1.87. The number of alkyl halides is 3. The molecule has 1 rings (SSSR count). The van der Waals surface area contributed by atoms with Crippen molar-refractivity contribution in [2.24, 2.45) is 0 Å². The number of phenols is 2. The minimum Gasteiger partial charge on any atom is -0.507 e. The molecule has 0 unspecified atom stereocenters. The first-order valence-corrected chi connectivity index (χ1v) is 3.94. The lowest BCUT2D eigenvalue weighted by Gasteiger charge is -2.08. The lowest BCUT2D eigenvalue weighted by molar-refractivity contribution is -0.0886. The second-order valence-electron chi connectivity index (χ2n) is 2.65. The van der Waals surface area contributed by atoms with Gasteiger partial charge < -0.3 is 10.2 Å². The van der Waals surface area contributed by atoms with Crippen molar-refractivity contribution in [1.29, 1.82) is 0 Å². The Kier molecular flexibility index (Phi) is 2.81. The van der Waals surface area contributed by atoms with Gasteiger partial charge in [-0.15, -0.1) is 0 Å². The van der Waals surface area contributed by atoms with Crippen LogP contribution in [0.1, 0.15) is 10.4 Å². The van der Waals surface area contributed by atoms with Crippen molar-refractivity contribution >= 4 is 17.4 Å². The molecular weight excluding hydrogens is 237 g/mol. The van der Waals surface area contributed by atoms with Crippen LogP contribution in [0.5, 0.6) is 11.5 Å². The van der Waals surface area contributed by atoms with Crippen molar-refractivity contribution < 1.29 is 28.2 Å². The van der Waals surface area contributed by atoms with E-state index in [1.165, 1.54) is 0 Å². The van der Waals surface area contributed by atoms with E-state index in [0.717, 1.165) is 0 Å². The molecule has 15 heavy (non-hydrogen) atoms. The van der Waals surface area contributed by atoms with E-state index in [9.17, 15) is 18.0 Å². The highest BCUT2D eigenvalue weighted by Gasteiger charge is 2.40. The largest absolute Gasteiger partial charge is 0.507 e. The van der Waals surface area contributed by atoms with Crippen molar-refractivity contribution in [2.45, 2.75) is 6.18 Å². The maximum absolute atomic E-state index is 12.0. The summed E-state index contributed by atoms with van der Waals surface area (Å²) in [5.74, 6) is -3.80. The van der Waals surface area contributed by atoms with Crippen LogP contribution in [0.4, 0.5) is 13.2 Å². The van der Waals surface area contributed by atoms with E-state index in [2.05, 4.69) is 0 Å². The van der Waals surface area contributed by atoms with Gasteiger partial charge in [0.05, 0.1) is 10.6 Å². The van der Waals surface area contributed by atoms with Crippen LogP contribution in [0.25, 0.3) is 0 Å². The van der Waals surface area contributed by atoms with Crippen LogP contribution in [0.15, 0.2) is 12.1 Å². The highest BCUT2D eigenvalue weighted by Crippen LogP contribution is 2.34. The maximum atomic E-state index is 12.0. The summed E-state index contributed by atoms with van der Waals surface area (Å²) in [5, 5.41) is 17.5. The molecule has 82 valence electrons. The zero-order valence-corrected chi connectivity index (χ0v) is 7.73. The summed E-state index contributed by atoms with van der Waals surface area (Å²) in [6.07, 6.45) is -5.10. The minimum absolute atomic E-state index is 0.444. The first kappa shape index (κ1) is 11.6. The van der Waals surface area contributed by atoms with Crippen molar-refractivity contribution in [2.75, 3.05) is 0 Å². The van der Waals surface area contributed by atoms with Gasteiger partial charge in [0.1, 0.15) is 11.5 Å². The quantitative estimate of drug-likeness (QED) is 0.742. The fourth-order valence-corrected chi connectivity index (χ4v) is 1.05. The van der Waals surface area contributed by atoms with E-state index in [1.54, 1.807) is 0 Å². The molecule has 2 N–H and O–H groups in total. The fourth-order valence-electron chi connectivity index (χ4n) is 0.885. The van der Waals surface area contributed by atoms with Crippen molar-refractivity contribution in [3.63, 3.8) is 0 Å². The fraction of sp³-hybridized carbons (Fsp3) is 0.125. The molecule has 0 radical (unpaired) electrons. The monoisotopic (exact) mass is 240 g/mol. The summed E-state index contributed by atoms with van der Waals surface area (Å²) in [6, 6.07) is 1.13. The predicted molar refractivity (Wildman–Crippen MR) is 45.2 cm³/mol. The zero-order valence-electron chi connectivity index (χ0n) is 6.97. The van der Waals surface area contributed by atoms with Gasteiger partial charge in [0.15, 0.2) is 0 Å². The molecular formula is C8H4ClF3O3. The van der Waals surface area contributed by atoms with Gasteiger partial charge in [0.25, 0.3) is 5.78 Å². The number of phenolic OH excluding ortho intramolecular Hbond substituents is 2. The molecule has 0 aliphatic rings. The number of hydrogen-bond acceptors (Lipinski definition) is 3. The molecule has 0 bridgehead atoms. The molecule has 0 spiro atoms. The van der Waals surface area contributed by atoms with Crippen LogP contribution in [0.3, 0.4) is 0 Å². The molecule has 0 saturated heterocycles. The van der Waals surface area contributed by atoms with Crippen LogP contribution in [-0.2, 0) is 0 Å². The van der Waals surface area contributed by atoms with Crippen LogP contribution >= 0.6 is 11.6 Å². The van der Waals surface area contributed by atoms with Gasteiger partial charge in [0, 0.05) is 6.07 Å². The van der Waals surface area contributed by atoms with Gasteiger partial charge >= 0.3 is 6.18 Å². The van der Waals surface area contributed by atoms with Crippen LogP contribution in [0, 0.1) is 0 Å². The summed E-state index contributed by atoms with van der Waals surface area (Å²) in [7, 11) is 0. The number of rotatable bonds is 1. The first-order valence-electron chi connectivity index (χ1n) is 3.56. The summed E-state index contributed by atoms with van der Waals surface area (Å²) >= 11 is 5.30. The molecule has 0 heterocycles. The lowest BCUT2D eigenvalue weighted by Crippen LogP contribution is -2.22. The minimum atomic E-state index is -5.10. The highest BCUT2D eigenvalue weighted by atomic mass is 35.5. The third-order valence-electron chi connectivity index (χ3n) is 1.57. The summed E-state index contributed by atoms with van der Waals surface area (Å²) in [6.45, 7) is 0. The number of benzene rings is 1. The van der Waals surface area contributed by atoms with E-state index >= 15 is 0 Å². The predicted octanol–water partition coefficient (Wildman–Crippen LogP) is 2.50. The molecule has 0 fully saturated rings. The average molecular weight is 241 g/mol. The number of aromatic hydroxyl groups is 2. The van der Waals surface area contributed by atoms with Crippen molar-refractivity contribution in [1.82, 2.24) is 0 Å². The SMILES string of the molecule is O=C(c1cc(Cl)c(O)cc1O)C(F)(F)F. The van der Waals surface area contributed by atoms with Gasteiger partial charge in [-0.2, -0.15) is 13.2 Å². The van der Waals surface area contributed by atoms with E-state index < -0.39 is 34.0 Å². The Balaban J connectivity index is 3.28. The van der Waals surface area contributed by atoms with E-state index in [4.69, 9.17) is 21.8 Å². The maximum Gasteiger partial charge on any atom is 0.455 e. The Labute approximate surface area is 86.7 Å². The molecule has 3 nitrogen and oxygen atoms in total. The topological polar surface area (TPSA) is 57.5 Å². The Hall–Kier alpha value is -1.43. The number of carbonyl (C=O) groups is 1. The molecule has 0 atom stereocenters.